The zero-order chi connectivity index (χ0) is 14.5. The highest BCUT2D eigenvalue weighted by molar-refractivity contribution is 5.76. The van der Waals surface area contributed by atoms with Gasteiger partial charge in [-0.3, -0.25) is 4.79 Å². The SMILES string of the molecule is CC(NC(=O)NC(CC(=O)O)C1CC1)C1CCOCC1. The predicted octanol–water partition coefficient (Wildman–Crippen LogP) is 1.35. The number of carboxylic acid groups (broad SMARTS) is 1. The fourth-order valence-electron chi connectivity index (χ4n) is 2.77. The molecule has 2 aliphatic rings. The number of carboxylic acids is 1. The second-order valence-electron chi connectivity index (χ2n) is 5.90. The summed E-state index contributed by atoms with van der Waals surface area (Å²) in [5.74, 6) is -0.0942. The second kappa shape index (κ2) is 6.92. The molecular weight excluding hydrogens is 260 g/mol. The zero-order valence-electron chi connectivity index (χ0n) is 11.9. The van der Waals surface area contributed by atoms with Gasteiger partial charge in [0.1, 0.15) is 0 Å². The average Bonchev–Trinajstić information content (AvgIpc) is 3.22. The first-order chi connectivity index (χ1) is 9.56. The summed E-state index contributed by atoms with van der Waals surface area (Å²) in [5.41, 5.74) is 0. The minimum atomic E-state index is -0.861. The molecule has 2 atom stereocenters. The van der Waals surface area contributed by atoms with Gasteiger partial charge in [-0.15, -0.1) is 0 Å². The molecule has 0 aromatic rings. The zero-order valence-corrected chi connectivity index (χ0v) is 11.9. The summed E-state index contributed by atoms with van der Waals surface area (Å²) in [4.78, 5) is 22.8. The van der Waals surface area contributed by atoms with E-state index in [1.807, 2.05) is 6.92 Å². The van der Waals surface area contributed by atoms with Crippen molar-refractivity contribution >= 4 is 12.0 Å². The molecule has 6 heteroatoms. The van der Waals surface area contributed by atoms with Gasteiger partial charge in [0.15, 0.2) is 0 Å². The van der Waals surface area contributed by atoms with E-state index in [1.54, 1.807) is 0 Å². The van der Waals surface area contributed by atoms with E-state index in [2.05, 4.69) is 10.6 Å². The number of aliphatic carboxylic acids is 1. The minimum absolute atomic E-state index is 0.00371. The Labute approximate surface area is 119 Å². The fourth-order valence-corrected chi connectivity index (χ4v) is 2.77. The summed E-state index contributed by atoms with van der Waals surface area (Å²) < 4.78 is 5.31. The molecule has 6 nitrogen and oxygen atoms in total. The molecular formula is C14H24N2O4. The van der Waals surface area contributed by atoms with Crippen molar-refractivity contribution < 1.29 is 19.4 Å². The molecule has 0 radical (unpaired) electrons. The Bertz CT molecular complexity index is 351. The quantitative estimate of drug-likeness (QED) is 0.687. The van der Waals surface area contributed by atoms with Gasteiger partial charge in [0.2, 0.25) is 0 Å². The molecule has 1 saturated carbocycles. The molecule has 2 fully saturated rings. The lowest BCUT2D eigenvalue weighted by Gasteiger charge is -2.29. The number of hydrogen-bond donors (Lipinski definition) is 3. The molecule has 1 aliphatic heterocycles. The van der Waals surface area contributed by atoms with Gasteiger partial charge in [0.25, 0.3) is 0 Å². The van der Waals surface area contributed by atoms with Crippen LogP contribution in [0, 0.1) is 11.8 Å². The van der Waals surface area contributed by atoms with Gasteiger partial charge in [-0.25, -0.2) is 4.79 Å². The Kier molecular flexibility index (Phi) is 5.23. The molecule has 2 rings (SSSR count). The first-order valence-electron chi connectivity index (χ1n) is 7.43. The Hall–Kier alpha value is -1.30. The normalized spacial score (nSPS) is 22.9. The molecule has 1 saturated heterocycles. The van der Waals surface area contributed by atoms with E-state index in [1.165, 1.54) is 0 Å². The summed E-state index contributed by atoms with van der Waals surface area (Å²) in [5, 5.41) is 14.6. The minimum Gasteiger partial charge on any atom is -0.481 e. The lowest BCUT2D eigenvalue weighted by molar-refractivity contribution is -0.137. The molecule has 0 spiro atoms. The topological polar surface area (TPSA) is 87.7 Å². The summed E-state index contributed by atoms with van der Waals surface area (Å²) in [6, 6.07) is -0.403. The summed E-state index contributed by atoms with van der Waals surface area (Å²) in [7, 11) is 0. The van der Waals surface area contributed by atoms with Crippen molar-refractivity contribution in [1.29, 1.82) is 0 Å². The van der Waals surface area contributed by atoms with E-state index < -0.39 is 5.97 Å². The average molecular weight is 284 g/mol. The Morgan fingerprint density at radius 2 is 1.80 bits per heavy atom. The summed E-state index contributed by atoms with van der Waals surface area (Å²) in [6.45, 7) is 3.50. The molecule has 20 heavy (non-hydrogen) atoms. The molecule has 2 unspecified atom stereocenters. The van der Waals surface area contributed by atoms with E-state index in [9.17, 15) is 9.59 Å². The molecule has 1 aliphatic carbocycles. The number of urea groups is 1. The maximum Gasteiger partial charge on any atom is 0.315 e. The number of rotatable bonds is 6. The molecule has 2 amide bonds. The number of amides is 2. The first-order valence-corrected chi connectivity index (χ1v) is 7.43. The van der Waals surface area contributed by atoms with Crippen LogP contribution in [0.1, 0.15) is 39.0 Å². The number of ether oxygens (including phenoxy) is 1. The third-order valence-corrected chi connectivity index (χ3v) is 4.23. The van der Waals surface area contributed by atoms with Crippen LogP contribution in [0.2, 0.25) is 0 Å². The van der Waals surface area contributed by atoms with E-state index in [4.69, 9.17) is 9.84 Å². The molecule has 3 N–H and O–H groups in total. The van der Waals surface area contributed by atoms with Crippen LogP contribution in [0.5, 0.6) is 0 Å². The second-order valence-corrected chi connectivity index (χ2v) is 5.90. The summed E-state index contributed by atoms with van der Waals surface area (Å²) >= 11 is 0. The van der Waals surface area contributed by atoms with Crippen LogP contribution in [0.4, 0.5) is 4.79 Å². The van der Waals surface area contributed by atoms with Crippen molar-refractivity contribution in [3.63, 3.8) is 0 Å². The van der Waals surface area contributed by atoms with E-state index in [-0.39, 0.29) is 24.5 Å². The van der Waals surface area contributed by atoms with Crippen LogP contribution >= 0.6 is 0 Å². The number of nitrogens with one attached hydrogen (secondary N) is 2. The van der Waals surface area contributed by atoms with Gasteiger partial charge in [0, 0.05) is 25.3 Å². The van der Waals surface area contributed by atoms with Gasteiger partial charge in [-0.2, -0.15) is 0 Å². The number of hydrogen-bond acceptors (Lipinski definition) is 3. The van der Waals surface area contributed by atoms with Gasteiger partial charge >= 0.3 is 12.0 Å². The lowest BCUT2D eigenvalue weighted by Crippen LogP contribution is -2.49. The fraction of sp³-hybridized carbons (Fsp3) is 0.857. The van der Waals surface area contributed by atoms with Crippen molar-refractivity contribution in [2.24, 2.45) is 11.8 Å². The van der Waals surface area contributed by atoms with Crippen LogP contribution in [-0.2, 0) is 9.53 Å². The maximum absolute atomic E-state index is 12.0. The summed E-state index contributed by atoms with van der Waals surface area (Å²) in [6.07, 6.45) is 3.94. The van der Waals surface area contributed by atoms with Crippen LogP contribution in [0.25, 0.3) is 0 Å². The Balaban J connectivity index is 1.76. The van der Waals surface area contributed by atoms with Gasteiger partial charge in [-0.1, -0.05) is 0 Å². The molecule has 114 valence electrons. The smallest absolute Gasteiger partial charge is 0.315 e. The van der Waals surface area contributed by atoms with Crippen LogP contribution in [0.3, 0.4) is 0 Å². The van der Waals surface area contributed by atoms with Gasteiger partial charge < -0.3 is 20.5 Å². The number of carbonyl (C=O) groups is 2. The van der Waals surface area contributed by atoms with Crippen LogP contribution < -0.4 is 10.6 Å². The maximum atomic E-state index is 12.0. The standard InChI is InChI=1S/C14H24N2O4/c1-9(10-4-6-20-7-5-10)15-14(19)16-12(8-13(17)18)11-2-3-11/h9-12H,2-8H2,1H3,(H,17,18)(H2,15,16,19). The highest BCUT2D eigenvalue weighted by Crippen LogP contribution is 2.34. The molecule has 0 bridgehead atoms. The van der Waals surface area contributed by atoms with Crippen molar-refractivity contribution in [2.45, 2.75) is 51.1 Å². The number of carbonyl (C=O) groups excluding carboxylic acids is 1. The van der Waals surface area contributed by atoms with Crippen LogP contribution in [-0.4, -0.2) is 42.4 Å². The van der Waals surface area contributed by atoms with E-state index in [0.717, 1.165) is 38.9 Å². The monoisotopic (exact) mass is 284 g/mol. The van der Waals surface area contributed by atoms with Crippen molar-refractivity contribution in [3.8, 4) is 0 Å². The highest BCUT2D eigenvalue weighted by Gasteiger charge is 2.34. The molecule has 1 heterocycles. The first kappa shape index (κ1) is 15.1. The van der Waals surface area contributed by atoms with E-state index in [0.29, 0.717) is 11.8 Å². The highest BCUT2D eigenvalue weighted by atomic mass is 16.5. The third kappa shape index (κ3) is 4.67. The van der Waals surface area contributed by atoms with Crippen molar-refractivity contribution in [3.05, 3.63) is 0 Å². The molecule has 0 aromatic carbocycles. The third-order valence-electron chi connectivity index (χ3n) is 4.23. The van der Waals surface area contributed by atoms with Gasteiger partial charge in [0.05, 0.1) is 6.42 Å². The van der Waals surface area contributed by atoms with E-state index >= 15 is 0 Å². The van der Waals surface area contributed by atoms with Crippen LogP contribution in [0.15, 0.2) is 0 Å². The molecule has 0 aromatic heterocycles. The predicted molar refractivity (Wildman–Crippen MR) is 73.4 cm³/mol. The lowest BCUT2D eigenvalue weighted by atomic mass is 9.93. The largest absolute Gasteiger partial charge is 0.481 e. The Morgan fingerprint density at radius 3 is 2.35 bits per heavy atom. The van der Waals surface area contributed by atoms with Crippen molar-refractivity contribution in [2.75, 3.05) is 13.2 Å². The Morgan fingerprint density at radius 1 is 1.15 bits per heavy atom. The van der Waals surface area contributed by atoms with Crippen molar-refractivity contribution in [1.82, 2.24) is 10.6 Å². The van der Waals surface area contributed by atoms with Gasteiger partial charge in [-0.05, 0) is 44.4 Å².